The third kappa shape index (κ3) is 7.10. The van der Waals surface area contributed by atoms with Gasteiger partial charge in [-0.25, -0.2) is 4.98 Å². The second-order valence-electron chi connectivity index (χ2n) is 9.07. The quantitative estimate of drug-likeness (QED) is 0.514. The molecule has 30 heavy (non-hydrogen) atoms. The fraction of sp³-hybridized carbons (Fsp3) is 0.583. The first kappa shape index (κ1) is 22.8. The predicted octanol–water partition coefficient (Wildman–Crippen LogP) is 4.20. The zero-order chi connectivity index (χ0) is 21.4. The third-order valence-electron chi connectivity index (χ3n) is 5.44. The van der Waals surface area contributed by atoms with E-state index in [4.69, 9.17) is 9.98 Å². The Morgan fingerprint density at radius 3 is 2.57 bits per heavy atom. The molecule has 1 fully saturated rings. The van der Waals surface area contributed by atoms with Crippen LogP contribution in [0.5, 0.6) is 0 Å². The van der Waals surface area contributed by atoms with Crippen LogP contribution in [0.2, 0.25) is 0 Å². The summed E-state index contributed by atoms with van der Waals surface area (Å²) in [5.41, 5.74) is 2.69. The van der Waals surface area contributed by atoms with Crippen molar-refractivity contribution >= 4 is 17.3 Å². The van der Waals surface area contributed by atoms with Crippen LogP contribution in [0.25, 0.3) is 0 Å². The Hall–Kier alpha value is -1.92. The fourth-order valence-electron chi connectivity index (χ4n) is 3.62. The van der Waals surface area contributed by atoms with Crippen molar-refractivity contribution in [1.82, 2.24) is 20.5 Å². The molecule has 2 heterocycles. The van der Waals surface area contributed by atoms with Crippen LogP contribution in [0.1, 0.15) is 56.8 Å². The van der Waals surface area contributed by atoms with Crippen molar-refractivity contribution in [2.75, 3.05) is 26.2 Å². The van der Waals surface area contributed by atoms with E-state index in [1.165, 1.54) is 16.3 Å². The smallest absolute Gasteiger partial charge is 0.191 e. The largest absolute Gasteiger partial charge is 0.357 e. The molecule has 2 N–H and O–H groups in total. The average Bonchev–Trinajstić information content (AvgIpc) is 3.20. The van der Waals surface area contributed by atoms with E-state index < -0.39 is 0 Å². The predicted molar refractivity (Wildman–Crippen MR) is 128 cm³/mol. The number of thiazole rings is 1. The van der Waals surface area contributed by atoms with E-state index in [1.54, 1.807) is 11.3 Å². The molecule has 1 aliphatic heterocycles. The first-order chi connectivity index (χ1) is 14.4. The molecule has 0 radical (unpaired) electrons. The van der Waals surface area contributed by atoms with Crippen molar-refractivity contribution in [3.8, 4) is 0 Å². The van der Waals surface area contributed by atoms with Crippen LogP contribution in [-0.4, -0.2) is 48.1 Å². The lowest BCUT2D eigenvalue weighted by atomic mass is 9.93. The zero-order valence-corrected chi connectivity index (χ0v) is 19.8. The van der Waals surface area contributed by atoms with Gasteiger partial charge in [0, 0.05) is 56.0 Å². The van der Waals surface area contributed by atoms with Gasteiger partial charge in [0.15, 0.2) is 5.96 Å². The van der Waals surface area contributed by atoms with Gasteiger partial charge < -0.3 is 10.6 Å². The fourth-order valence-corrected chi connectivity index (χ4v) is 4.64. The van der Waals surface area contributed by atoms with Crippen LogP contribution in [0.4, 0.5) is 0 Å². The van der Waals surface area contributed by atoms with Crippen molar-refractivity contribution in [3.63, 3.8) is 0 Å². The highest BCUT2D eigenvalue weighted by Gasteiger charge is 2.20. The van der Waals surface area contributed by atoms with Crippen LogP contribution >= 0.6 is 11.3 Å². The molecule has 1 aromatic heterocycles. The molecule has 2 aromatic rings. The molecule has 0 unspecified atom stereocenters. The van der Waals surface area contributed by atoms with Gasteiger partial charge in [0.25, 0.3) is 0 Å². The van der Waals surface area contributed by atoms with Crippen LogP contribution in [-0.2, 0) is 18.4 Å². The molecular weight excluding hydrogens is 390 g/mol. The number of likely N-dealkylation sites (tertiary alicyclic amines) is 1. The van der Waals surface area contributed by atoms with E-state index in [2.05, 4.69) is 78.9 Å². The monoisotopic (exact) mass is 427 g/mol. The Labute approximate surface area is 186 Å². The van der Waals surface area contributed by atoms with E-state index in [0.29, 0.717) is 6.04 Å². The highest BCUT2D eigenvalue weighted by Crippen LogP contribution is 2.24. The molecule has 0 bridgehead atoms. The third-order valence-corrected chi connectivity index (χ3v) is 6.35. The molecule has 0 spiro atoms. The van der Waals surface area contributed by atoms with Gasteiger partial charge in [-0.15, -0.1) is 11.3 Å². The van der Waals surface area contributed by atoms with Gasteiger partial charge in [0.2, 0.25) is 0 Å². The number of nitrogens with one attached hydrogen (secondary N) is 2. The highest BCUT2D eigenvalue weighted by atomic mass is 32.1. The van der Waals surface area contributed by atoms with E-state index in [9.17, 15) is 0 Å². The summed E-state index contributed by atoms with van der Waals surface area (Å²) in [7, 11) is 0. The first-order valence-corrected chi connectivity index (χ1v) is 12.1. The minimum Gasteiger partial charge on any atom is -0.357 e. The summed E-state index contributed by atoms with van der Waals surface area (Å²) in [6.07, 6.45) is 3.20. The minimum atomic E-state index is 0.115. The zero-order valence-electron chi connectivity index (χ0n) is 18.9. The number of nitrogens with zero attached hydrogens (tertiary/aromatic N) is 3. The summed E-state index contributed by atoms with van der Waals surface area (Å²) in [6, 6.07) is 11.2. The second-order valence-corrected chi connectivity index (χ2v) is 10.0. The van der Waals surface area contributed by atoms with Gasteiger partial charge in [-0.3, -0.25) is 9.89 Å². The van der Waals surface area contributed by atoms with Gasteiger partial charge in [-0.2, -0.15) is 0 Å². The van der Waals surface area contributed by atoms with Gasteiger partial charge in [-0.05, 0) is 25.3 Å². The molecule has 0 aliphatic carbocycles. The van der Waals surface area contributed by atoms with E-state index in [0.717, 1.165) is 57.9 Å². The van der Waals surface area contributed by atoms with Crippen LogP contribution in [0, 0.1) is 0 Å². The Bertz CT molecular complexity index is 785. The molecule has 1 aromatic carbocycles. The summed E-state index contributed by atoms with van der Waals surface area (Å²) in [4.78, 5) is 12.1. The van der Waals surface area contributed by atoms with E-state index >= 15 is 0 Å². The molecule has 0 atom stereocenters. The molecule has 3 rings (SSSR count). The number of piperidine rings is 1. The molecule has 5 nitrogen and oxygen atoms in total. The lowest BCUT2D eigenvalue weighted by Crippen LogP contribution is -2.48. The van der Waals surface area contributed by atoms with Crippen molar-refractivity contribution in [2.45, 2.75) is 65.0 Å². The normalized spacial score (nSPS) is 16.6. The summed E-state index contributed by atoms with van der Waals surface area (Å²) < 4.78 is 0. The SMILES string of the molecule is CCNC(=NCCc1nc(C(C)(C)C)cs1)NC1CCN(Cc2ccccc2)CC1. The maximum Gasteiger partial charge on any atom is 0.191 e. The number of guanidine groups is 1. The second kappa shape index (κ2) is 10.9. The van der Waals surface area contributed by atoms with Gasteiger partial charge in [0.05, 0.1) is 10.7 Å². The van der Waals surface area contributed by atoms with Crippen molar-refractivity contribution < 1.29 is 0 Å². The maximum atomic E-state index is 4.81. The lowest BCUT2D eigenvalue weighted by molar-refractivity contribution is 0.198. The Morgan fingerprint density at radius 2 is 1.93 bits per heavy atom. The molecule has 1 aliphatic rings. The molecule has 1 saturated heterocycles. The van der Waals surface area contributed by atoms with Crippen LogP contribution in [0.15, 0.2) is 40.7 Å². The summed E-state index contributed by atoms with van der Waals surface area (Å²) >= 11 is 1.75. The lowest BCUT2D eigenvalue weighted by Gasteiger charge is -2.33. The number of hydrogen-bond acceptors (Lipinski definition) is 4. The van der Waals surface area contributed by atoms with Crippen molar-refractivity contribution in [2.24, 2.45) is 4.99 Å². The minimum absolute atomic E-state index is 0.115. The van der Waals surface area contributed by atoms with Crippen molar-refractivity contribution in [1.29, 1.82) is 0 Å². The number of benzene rings is 1. The van der Waals surface area contributed by atoms with Gasteiger partial charge >= 0.3 is 0 Å². The Kier molecular flexibility index (Phi) is 8.28. The molecule has 164 valence electrons. The molecular formula is C24H37N5S. The van der Waals surface area contributed by atoms with E-state index in [1.807, 2.05) is 0 Å². The summed E-state index contributed by atoms with van der Waals surface area (Å²) in [5.74, 6) is 0.937. The van der Waals surface area contributed by atoms with E-state index in [-0.39, 0.29) is 5.41 Å². The summed E-state index contributed by atoms with van der Waals surface area (Å²) in [5, 5.41) is 10.4. The number of aromatic nitrogens is 1. The highest BCUT2D eigenvalue weighted by molar-refractivity contribution is 7.09. The van der Waals surface area contributed by atoms with Gasteiger partial charge in [0.1, 0.15) is 0 Å². The molecule has 0 saturated carbocycles. The molecule has 0 amide bonds. The number of rotatable bonds is 7. The number of hydrogen-bond donors (Lipinski definition) is 2. The maximum absolute atomic E-state index is 4.81. The van der Waals surface area contributed by atoms with Crippen LogP contribution < -0.4 is 10.6 Å². The average molecular weight is 428 g/mol. The topological polar surface area (TPSA) is 52.6 Å². The van der Waals surface area contributed by atoms with Gasteiger partial charge in [-0.1, -0.05) is 51.1 Å². The Balaban J connectivity index is 1.45. The Morgan fingerprint density at radius 1 is 1.20 bits per heavy atom. The first-order valence-electron chi connectivity index (χ1n) is 11.2. The van der Waals surface area contributed by atoms with Crippen LogP contribution in [0.3, 0.4) is 0 Å². The molecule has 6 heteroatoms. The van der Waals surface area contributed by atoms with Crippen molar-refractivity contribution in [3.05, 3.63) is 52.0 Å². The number of aliphatic imine (C=N–C) groups is 1. The summed E-state index contributed by atoms with van der Waals surface area (Å²) in [6.45, 7) is 13.7. The standard InChI is InChI=1S/C24H37N5S/c1-5-25-23(26-14-11-22-28-21(18-30-22)24(2,3)4)27-20-12-15-29(16-13-20)17-19-9-7-6-8-10-19/h6-10,18,20H,5,11-17H2,1-4H3,(H2,25,26,27).